The molecule has 0 fully saturated rings. The van der Waals surface area contributed by atoms with E-state index in [-0.39, 0.29) is 5.91 Å². The van der Waals surface area contributed by atoms with Crippen molar-refractivity contribution in [2.75, 3.05) is 7.05 Å². The Balaban J connectivity index is 1.75. The second kappa shape index (κ2) is 7.43. The van der Waals surface area contributed by atoms with Crippen molar-refractivity contribution >= 4 is 16.9 Å². The highest BCUT2D eigenvalue weighted by atomic mass is 16.5. The molecule has 1 unspecified atom stereocenters. The van der Waals surface area contributed by atoms with Gasteiger partial charge < -0.3 is 14.1 Å². The minimum Gasteiger partial charge on any atom is -0.481 e. The predicted octanol–water partition coefficient (Wildman–Crippen LogP) is 4.42. The van der Waals surface area contributed by atoms with E-state index in [1.807, 2.05) is 54.6 Å². The number of likely N-dealkylation sites (N-methyl/N-ethyl adjacent to an activating group) is 1. The molecule has 130 valence electrons. The number of furan rings is 1. The van der Waals surface area contributed by atoms with Gasteiger partial charge in [-0.25, -0.2) is 0 Å². The number of ether oxygens (including phenoxy) is 1. The Bertz CT molecular complexity index is 854. The molecule has 2 aromatic carbocycles. The summed E-state index contributed by atoms with van der Waals surface area (Å²) in [4.78, 5) is 14.4. The summed E-state index contributed by atoms with van der Waals surface area (Å²) in [5.74, 6) is 1.56. The lowest BCUT2D eigenvalue weighted by atomic mass is 10.1. The molecule has 1 heterocycles. The van der Waals surface area contributed by atoms with E-state index in [1.54, 1.807) is 18.9 Å². The number of hydrogen-bond acceptors (Lipinski definition) is 3. The Morgan fingerprint density at radius 2 is 1.80 bits per heavy atom. The lowest BCUT2D eigenvalue weighted by Gasteiger charge is -2.22. The molecule has 0 radical (unpaired) electrons. The predicted molar refractivity (Wildman–Crippen MR) is 98.6 cm³/mol. The van der Waals surface area contributed by atoms with E-state index in [0.717, 1.165) is 28.7 Å². The Kier molecular flexibility index (Phi) is 5.08. The summed E-state index contributed by atoms with van der Waals surface area (Å²) >= 11 is 0. The van der Waals surface area contributed by atoms with Crippen molar-refractivity contribution in [3.05, 3.63) is 65.9 Å². The highest BCUT2D eigenvalue weighted by Crippen LogP contribution is 2.27. The van der Waals surface area contributed by atoms with Crippen LogP contribution < -0.4 is 4.74 Å². The topological polar surface area (TPSA) is 42.7 Å². The van der Waals surface area contributed by atoms with Crippen LogP contribution in [0.2, 0.25) is 0 Å². The average molecular weight is 337 g/mol. The maximum absolute atomic E-state index is 12.7. The number of hydrogen-bond donors (Lipinski definition) is 0. The van der Waals surface area contributed by atoms with E-state index in [1.165, 1.54) is 0 Å². The largest absolute Gasteiger partial charge is 0.481 e. The summed E-state index contributed by atoms with van der Waals surface area (Å²) in [6.45, 7) is 4.34. The Morgan fingerprint density at radius 1 is 1.12 bits per heavy atom. The molecule has 0 N–H and O–H groups in total. The standard InChI is InChI=1S/C21H23NO3/c1-4-19-18(17-12-8-9-13-20(17)25-19)14-22(3)21(23)15(2)24-16-10-6-5-7-11-16/h5-13,15H,4,14H2,1-3H3. The molecule has 25 heavy (non-hydrogen) atoms. The molecule has 0 bridgehead atoms. The first-order valence-corrected chi connectivity index (χ1v) is 8.56. The molecule has 3 rings (SSSR count). The van der Waals surface area contributed by atoms with E-state index in [2.05, 4.69) is 6.92 Å². The van der Waals surface area contributed by atoms with E-state index in [0.29, 0.717) is 12.3 Å². The number of benzene rings is 2. The lowest BCUT2D eigenvalue weighted by molar-refractivity contribution is -0.137. The van der Waals surface area contributed by atoms with E-state index in [9.17, 15) is 4.79 Å². The van der Waals surface area contributed by atoms with Crippen molar-refractivity contribution in [3.63, 3.8) is 0 Å². The van der Waals surface area contributed by atoms with Crippen LogP contribution >= 0.6 is 0 Å². The summed E-state index contributed by atoms with van der Waals surface area (Å²) in [6.07, 6.45) is 0.248. The van der Waals surface area contributed by atoms with Crippen molar-refractivity contribution in [3.8, 4) is 5.75 Å². The number of aryl methyl sites for hydroxylation is 1. The zero-order valence-corrected chi connectivity index (χ0v) is 14.9. The van der Waals surface area contributed by atoms with Gasteiger partial charge in [-0.3, -0.25) is 4.79 Å². The van der Waals surface area contributed by atoms with Crippen molar-refractivity contribution in [1.82, 2.24) is 4.90 Å². The molecule has 3 aromatic rings. The van der Waals surface area contributed by atoms with Crippen LogP contribution in [-0.4, -0.2) is 24.0 Å². The molecule has 0 saturated carbocycles. The van der Waals surface area contributed by atoms with Crippen molar-refractivity contribution in [1.29, 1.82) is 0 Å². The fourth-order valence-electron chi connectivity index (χ4n) is 2.99. The number of carbonyl (C=O) groups is 1. The zero-order valence-electron chi connectivity index (χ0n) is 14.9. The van der Waals surface area contributed by atoms with Crippen LogP contribution in [0.5, 0.6) is 5.75 Å². The molecular formula is C21H23NO3. The average Bonchev–Trinajstić information content (AvgIpc) is 2.99. The number of amides is 1. The molecule has 1 aromatic heterocycles. The van der Waals surface area contributed by atoms with Crippen LogP contribution in [0.4, 0.5) is 0 Å². The van der Waals surface area contributed by atoms with Crippen molar-refractivity contribution < 1.29 is 13.9 Å². The van der Waals surface area contributed by atoms with Gasteiger partial charge >= 0.3 is 0 Å². The molecule has 4 nitrogen and oxygen atoms in total. The van der Waals surface area contributed by atoms with Gasteiger partial charge in [-0.05, 0) is 25.1 Å². The summed E-state index contributed by atoms with van der Waals surface area (Å²) in [6, 6.07) is 17.3. The number of rotatable bonds is 6. The van der Waals surface area contributed by atoms with Crippen LogP contribution in [0.25, 0.3) is 11.0 Å². The quantitative estimate of drug-likeness (QED) is 0.668. The van der Waals surface area contributed by atoms with Gasteiger partial charge in [-0.1, -0.05) is 43.3 Å². The van der Waals surface area contributed by atoms with E-state index in [4.69, 9.17) is 9.15 Å². The Labute approximate surface area is 148 Å². The smallest absolute Gasteiger partial charge is 0.263 e. The van der Waals surface area contributed by atoms with Gasteiger partial charge in [0.1, 0.15) is 17.1 Å². The molecule has 1 amide bonds. The van der Waals surface area contributed by atoms with Gasteiger partial charge in [0.15, 0.2) is 6.10 Å². The minimum atomic E-state index is -0.546. The SMILES string of the molecule is CCc1oc2ccccc2c1CN(C)C(=O)C(C)Oc1ccccc1. The maximum atomic E-state index is 12.7. The number of nitrogens with zero attached hydrogens (tertiary/aromatic N) is 1. The third-order valence-electron chi connectivity index (χ3n) is 4.28. The van der Waals surface area contributed by atoms with Crippen molar-refractivity contribution in [2.24, 2.45) is 0 Å². The molecular weight excluding hydrogens is 314 g/mol. The maximum Gasteiger partial charge on any atom is 0.263 e. The Morgan fingerprint density at radius 3 is 2.52 bits per heavy atom. The van der Waals surface area contributed by atoms with Crippen LogP contribution in [0.15, 0.2) is 59.0 Å². The monoisotopic (exact) mass is 337 g/mol. The minimum absolute atomic E-state index is 0.0591. The third-order valence-corrected chi connectivity index (χ3v) is 4.28. The zero-order chi connectivity index (χ0) is 17.8. The molecule has 1 atom stereocenters. The van der Waals surface area contributed by atoms with Crippen LogP contribution in [0.3, 0.4) is 0 Å². The summed E-state index contributed by atoms with van der Waals surface area (Å²) in [7, 11) is 1.80. The lowest BCUT2D eigenvalue weighted by Crippen LogP contribution is -2.37. The molecule has 0 aliphatic rings. The summed E-state index contributed by atoms with van der Waals surface area (Å²) in [5.41, 5.74) is 1.93. The van der Waals surface area contributed by atoms with Gasteiger partial charge in [0.05, 0.1) is 0 Å². The van der Waals surface area contributed by atoms with E-state index < -0.39 is 6.10 Å². The fourth-order valence-corrected chi connectivity index (χ4v) is 2.99. The summed E-state index contributed by atoms with van der Waals surface area (Å²) in [5, 5.41) is 1.07. The molecule has 0 aliphatic carbocycles. The number of para-hydroxylation sites is 2. The molecule has 0 spiro atoms. The van der Waals surface area contributed by atoms with Gasteiger partial charge in [0, 0.05) is 31.0 Å². The van der Waals surface area contributed by atoms with Crippen LogP contribution in [-0.2, 0) is 17.8 Å². The van der Waals surface area contributed by atoms with Crippen LogP contribution in [0, 0.1) is 0 Å². The Hall–Kier alpha value is -2.75. The second-order valence-corrected chi connectivity index (χ2v) is 6.12. The molecule has 4 heteroatoms. The number of fused-ring (bicyclic) bond motifs is 1. The second-order valence-electron chi connectivity index (χ2n) is 6.12. The van der Waals surface area contributed by atoms with Crippen LogP contribution in [0.1, 0.15) is 25.2 Å². The first kappa shape index (κ1) is 17.1. The summed E-state index contributed by atoms with van der Waals surface area (Å²) < 4.78 is 11.7. The fraction of sp³-hybridized carbons (Fsp3) is 0.286. The third kappa shape index (κ3) is 3.68. The first-order chi connectivity index (χ1) is 12.1. The highest BCUT2D eigenvalue weighted by Gasteiger charge is 2.22. The van der Waals surface area contributed by atoms with Gasteiger partial charge in [0.2, 0.25) is 0 Å². The number of carbonyl (C=O) groups excluding carboxylic acids is 1. The normalized spacial score (nSPS) is 12.1. The van der Waals surface area contributed by atoms with E-state index >= 15 is 0 Å². The van der Waals surface area contributed by atoms with Gasteiger partial charge in [0.25, 0.3) is 5.91 Å². The molecule has 0 aliphatic heterocycles. The van der Waals surface area contributed by atoms with Crippen molar-refractivity contribution in [2.45, 2.75) is 32.9 Å². The molecule has 0 saturated heterocycles. The highest BCUT2D eigenvalue weighted by molar-refractivity contribution is 5.84. The first-order valence-electron chi connectivity index (χ1n) is 8.56. The van der Waals surface area contributed by atoms with Gasteiger partial charge in [-0.2, -0.15) is 0 Å². The van der Waals surface area contributed by atoms with Gasteiger partial charge in [-0.15, -0.1) is 0 Å².